The van der Waals surface area contributed by atoms with E-state index in [2.05, 4.69) is 9.97 Å². The van der Waals surface area contributed by atoms with Crippen molar-refractivity contribution in [3.05, 3.63) is 31.9 Å². The van der Waals surface area contributed by atoms with Gasteiger partial charge in [0.25, 0.3) is 0 Å². The predicted octanol–water partition coefficient (Wildman–Crippen LogP) is -0.120. The largest absolute Gasteiger partial charge is 0.455 e. The summed E-state index contributed by atoms with van der Waals surface area (Å²) in [4.78, 5) is 28.2. The lowest BCUT2D eigenvalue weighted by molar-refractivity contribution is -0.379. The number of hydrogen-bond acceptors (Lipinski definition) is 4. The lowest BCUT2D eigenvalue weighted by atomic mass is 9.92. The topological polar surface area (TPSA) is 97.4 Å². The van der Waals surface area contributed by atoms with Crippen LogP contribution in [0.3, 0.4) is 0 Å². The van der Waals surface area contributed by atoms with Crippen molar-refractivity contribution in [2.45, 2.75) is 25.7 Å². The summed E-state index contributed by atoms with van der Waals surface area (Å²) in [5.41, 5.74) is 0.525. The van der Waals surface area contributed by atoms with Gasteiger partial charge in [0.05, 0.1) is 0 Å². The molecule has 0 amide bonds. The third-order valence-corrected chi connectivity index (χ3v) is 3.13. The van der Waals surface area contributed by atoms with E-state index in [0.29, 0.717) is 23.8 Å². The highest BCUT2D eigenvalue weighted by Crippen LogP contribution is 2.22. The zero-order valence-corrected chi connectivity index (χ0v) is 9.00. The number of aryl methyl sites for hydroxylation is 1. The van der Waals surface area contributed by atoms with Crippen molar-refractivity contribution in [2.24, 2.45) is 0 Å². The lowest BCUT2D eigenvalue weighted by Crippen LogP contribution is -2.25. The fraction of sp³-hybridized carbons (Fsp3) is 0.364. The van der Waals surface area contributed by atoms with Crippen LogP contribution >= 0.6 is 0 Å². The molecule has 88 valence electrons. The zero-order valence-electron chi connectivity index (χ0n) is 9.00. The molecular formula is C11H11N2O4+. The van der Waals surface area contributed by atoms with Crippen LogP contribution in [0.5, 0.6) is 6.01 Å². The van der Waals surface area contributed by atoms with Crippen molar-refractivity contribution < 1.29 is 14.5 Å². The summed E-state index contributed by atoms with van der Waals surface area (Å²) in [6, 6.07) is -0.415. The van der Waals surface area contributed by atoms with Gasteiger partial charge >= 0.3 is 22.9 Å². The summed E-state index contributed by atoms with van der Waals surface area (Å²) in [5.74, 6) is 0. The summed E-state index contributed by atoms with van der Waals surface area (Å²) >= 11 is 0. The van der Waals surface area contributed by atoms with Crippen molar-refractivity contribution in [2.75, 3.05) is 0 Å². The van der Waals surface area contributed by atoms with E-state index in [4.69, 9.17) is 4.42 Å². The van der Waals surface area contributed by atoms with E-state index in [1.54, 1.807) is 0 Å². The van der Waals surface area contributed by atoms with Gasteiger partial charge in [0.1, 0.15) is 0 Å². The summed E-state index contributed by atoms with van der Waals surface area (Å²) in [5, 5.41) is 9.58. The smallest absolute Gasteiger partial charge is 0.446 e. The number of rotatable bonds is 0. The van der Waals surface area contributed by atoms with E-state index in [9.17, 15) is 14.7 Å². The summed E-state index contributed by atoms with van der Waals surface area (Å²) in [6.45, 7) is 0. The van der Waals surface area contributed by atoms with Gasteiger partial charge in [0.15, 0.2) is 5.39 Å². The maximum Gasteiger partial charge on any atom is 0.455 e. The molecular weight excluding hydrogens is 224 g/mol. The van der Waals surface area contributed by atoms with E-state index in [0.717, 1.165) is 18.4 Å². The van der Waals surface area contributed by atoms with Crippen molar-refractivity contribution in [3.63, 3.8) is 0 Å². The van der Waals surface area contributed by atoms with E-state index in [1.165, 1.54) is 0 Å². The van der Waals surface area contributed by atoms with Gasteiger partial charge in [-0.1, -0.05) is 0 Å². The first-order valence-electron chi connectivity index (χ1n) is 5.50. The van der Waals surface area contributed by atoms with Crippen molar-refractivity contribution in [3.8, 4) is 6.01 Å². The maximum absolute atomic E-state index is 11.8. The molecule has 2 aromatic rings. The van der Waals surface area contributed by atoms with Crippen LogP contribution in [0.15, 0.2) is 14.0 Å². The third kappa shape index (κ3) is 1.44. The van der Waals surface area contributed by atoms with Crippen molar-refractivity contribution in [1.29, 1.82) is 0 Å². The monoisotopic (exact) mass is 235 g/mol. The van der Waals surface area contributed by atoms with Crippen LogP contribution in [0.1, 0.15) is 24.0 Å². The molecule has 0 unspecified atom stereocenters. The molecule has 0 aromatic carbocycles. The third-order valence-electron chi connectivity index (χ3n) is 3.13. The molecule has 1 aliphatic rings. The van der Waals surface area contributed by atoms with Gasteiger partial charge in [-0.2, -0.15) is 9.97 Å². The number of aromatic amines is 2. The maximum atomic E-state index is 11.8. The number of H-pyrrole nitrogens is 2. The molecule has 17 heavy (non-hydrogen) atoms. The molecule has 3 rings (SSSR count). The number of fused-ring (bicyclic) bond motifs is 3. The molecule has 0 spiro atoms. The molecule has 3 N–H and O–H groups in total. The van der Waals surface area contributed by atoms with Gasteiger partial charge in [0, 0.05) is 5.56 Å². The molecule has 6 heteroatoms. The highest BCUT2D eigenvalue weighted by Gasteiger charge is 2.23. The lowest BCUT2D eigenvalue weighted by Gasteiger charge is -2.13. The molecule has 0 saturated heterocycles. The zero-order chi connectivity index (χ0) is 12.0. The molecule has 0 radical (unpaired) electrons. The second kappa shape index (κ2) is 3.44. The Labute approximate surface area is 94.9 Å². The van der Waals surface area contributed by atoms with E-state index < -0.39 is 17.2 Å². The van der Waals surface area contributed by atoms with Crippen LogP contribution in [0, 0.1) is 0 Å². The molecule has 1 aliphatic carbocycles. The van der Waals surface area contributed by atoms with Crippen molar-refractivity contribution in [1.82, 2.24) is 4.98 Å². The second-order valence-corrected chi connectivity index (χ2v) is 4.19. The van der Waals surface area contributed by atoms with Gasteiger partial charge < -0.3 is 9.52 Å². The van der Waals surface area contributed by atoms with Gasteiger partial charge in [0.2, 0.25) is 0 Å². The average Bonchev–Trinajstić information content (AvgIpc) is 2.28. The Morgan fingerprint density at radius 2 is 1.88 bits per heavy atom. The fourth-order valence-electron chi connectivity index (χ4n) is 2.39. The Balaban J connectivity index is 2.52. The normalized spacial score (nSPS) is 14.8. The van der Waals surface area contributed by atoms with Gasteiger partial charge in [-0.3, -0.25) is 0 Å². The van der Waals surface area contributed by atoms with Crippen LogP contribution in [0.25, 0.3) is 11.1 Å². The summed E-state index contributed by atoms with van der Waals surface area (Å²) in [7, 11) is 0. The Hall–Kier alpha value is -2.11. The minimum Gasteiger partial charge on any atom is -0.446 e. The first-order chi connectivity index (χ1) is 8.16. The predicted molar refractivity (Wildman–Crippen MR) is 58.0 cm³/mol. The Morgan fingerprint density at radius 1 is 1.18 bits per heavy atom. The quantitative estimate of drug-likeness (QED) is 0.665. The van der Waals surface area contributed by atoms with E-state index in [-0.39, 0.29) is 5.71 Å². The first kappa shape index (κ1) is 10.1. The Bertz CT molecular complexity index is 714. The van der Waals surface area contributed by atoms with Crippen molar-refractivity contribution >= 4 is 11.1 Å². The second-order valence-electron chi connectivity index (χ2n) is 4.19. The van der Waals surface area contributed by atoms with Crippen LogP contribution in [-0.4, -0.2) is 10.1 Å². The highest BCUT2D eigenvalue weighted by molar-refractivity contribution is 5.74. The number of aromatic nitrogens is 2. The number of nitrogens with one attached hydrogen (secondary N) is 2. The molecule has 6 nitrogen and oxygen atoms in total. The SMILES string of the molecule is O=c1oc2[nH+]c(O)[nH]c(=O)c2c2c1CCCC2. The van der Waals surface area contributed by atoms with Crippen LogP contribution in [0.2, 0.25) is 0 Å². The highest BCUT2D eigenvalue weighted by atomic mass is 16.4. The Kier molecular flexibility index (Phi) is 2.04. The molecule has 0 aliphatic heterocycles. The van der Waals surface area contributed by atoms with Crippen LogP contribution < -0.4 is 16.2 Å². The minimum atomic E-state index is -0.432. The van der Waals surface area contributed by atoms with E-state index >= 15 is 0 Å². The number of aromatic hydroxyl groups is 1. The van der Waals surface area contributed by atoms with Crippen LogP contribution in [0.4, 0.5) is 0 Å². The molecule has 2 aromatic heterocycles. The average molecular weight is 235 g/mol. The van der Waals surface area contributed by atoms with Crippen LogP contribution in [-0.2, 0) is 12.8 Å². The minimum absolute atomic E-state index is 0.0388. The standard InChI is InChI=1S/C11H10N2O4/c14-8-7-5-3-1-2-4-6(5)10(15)17-9(7)13-11(16)12-8/h1-4H2,(H2,12,13,14,16)/p+1. The number of hydrogen-bond donors (Lipinski definition) is 2. The van der Waals surface area contributed by atoms with Gasteiger partial charge in [-0.15, -0.1) is 0 Å². The van der Waals surface area contributed by atoms with Gasteiger partial charge in [-0.05, 0) is 31.2 Å². The molecule has 0 saturated carbocycles. The van der Waals surface area contributed by atoms with E-state index in [1.807, 2.05) is 0 Å². The van der Waals surface area contributed by atoms with Gasteiger partial charge in [-0.25, -0.2) is 9.59 Å². The fourth-order valence-corrected chi connectivity index (χ4v) is 2.39. The molecule has 0 fully saturated rings. The molecule has 0 bridgehead atoms. The molecule has 0 atom stereocenters. The Morgan fingerprint density at radius 3 is 2.65 bits per heavy atom. The summed E-state index contributed by atoms with van der Waals surface area (Å²) in [6.07, 6.45) is 3.22. The molecule has 2 heterocycles. The first-order valence-corrected chi connectivity index (χ1v) is 5.50. The summed E-state index contributed by atoms with van der Waals surface area (Å²) < 4.78 is 5.03.